The lowest BCUT2D eigenvalue weighted by atomic mass is 10.1. The molecule has 0 atom stereocenters. The van der Waals surface area contributed by atoms with E-state index in [1.165, 1.54) is 30.3 Å². The zero-order chi connectivity index (χ0) is 18.9. The molecule has 0 saturated heterocycles. The summed E-state index contributed by atoms with van der Waals surface area (Å²) in [5.41, 5.74) is -0.691. The van der Waals surface area contributed by atoms with Crippen LogP contribution in [0.1, 0.15) is 16.1 Å². The SMILES string of the molecule is O=C(c1nnn(Cc2c(F)cccc2Cl)c1-c1ccccc1)C(F)(F)F. The Bertz CT molecular complexity index is 934. The van der Waals surface area contributed by atoms with Crippen LogP contribution in [0.25, 0.3) is 11.3 Å². The number of carbonyl (C=O) groups excluding carboxylic acids is 1. The van der Waals surface area contributed by atoms with Gasteiger partial charge in [0, 0.05) is 16.1 Å². The Morgan fingerprint density at radius 2 is 1.77 bits per heavy atom. The fourth-order valence-electron chi connectivity index (χ4n) is 2.43. The van der Waals surface area contributed by atoms with Crippen LogP contribution in [0.5, 0.6) is 0 Å². The lowest BCUT2D eigenvalue weighted by Crippen LogP contribution is -2.24. The van der Waals surface area contributed by atoms with E-state index >= 15 is 0 Å². The molecule has 2 aromatic carbocycles. The highest BCUT2D eigenvalue weighted by molar-refractivity contribution is 6.31. The standard InChI is InChI=1S/C17H10ClF4N3O/c18-12-7-4-8-13(19)11(12)9-25-15(10-5-2-1-3-6-10)14(23-24-25)16(26)17(20,21)22/h1-8H,9H2. The number of halogens is 5. The van der Waals surface area contributed by atoms with Gasteiger partial charge >= 0.3 is 6.18 Å². The van der Waals surface area contributed by atoms with Crippen molar-refractivity contribution in [3.8, 4) is 11.3 Å². The molecular weight excluding hydrogens is 374 g/mol. The van der Waals surface area contributed by atoms with E-state index < -0.39 is 23.5 Å². The van der Waals surface area contributed by atoms with Crippen LogP contribution in [-0.2, 0) is 6.54 Å². The molecule has 0 N–H and O–H groups in total. The first-order valence-electron chi connectivity index (χ1n) is 7.32. The third-order valence-corrected chi connectivity index (χ3v) is 3.98. The predicted octanol–water partition coefficient (Wildman–Crippen LogP) is 4.53. The Kier molecular flexibility index (Phi) is 4.78. The molecule has 0 aliphatic rings. The molecule has 0 saturated carbocycles. The maximum atomic E-state index is 14.0. The van der Waals surface area contributed by atoms with Crippen molar-refractivity contribution in [2.24, 2.45) is 0 Å². The molecule has 0 aliphatic heterocycles. The van der Waals surface area contributed by atoms with E-state index in [2.05, 4.69) is 10.3 Å². The Morgan fingerprint density at radius 3 is 2.38 bits per heavy atom. The van der Waals surface area contributed by atoms with Crippen molar-refractivity contribution in [2.75, 3.05) is 0 Å². The first-order valence-corrected chi connectivity index (χ1v) is 7.70. The number of ketones is 1. The summed E-state index contributed by atoms with van der Waals surface area (Å²) in [6, 6.07) is 11.9. The number of carbonyl (C=O) groups is 1. The summed E-state index contributed by atoms with van der Waals surface area (Å²) >= 11 is 5.97. The van der Waals surface area contributed by atoms with Crippen LogP contribution in [0.2, 0.25) is 5.02 Å². The monoisotopic (exact) mass is 383 g/mol. The van der Waals surface area contributed by atoms with Gasteiger partial charge in [-0.15, -0.1) is 5.10 Å². The molecule has 1 aromatic heterocycles. The second kappa shape index (κ2) is 6.87. The van der Waals surface area contributed by atoms with Gasteiger partial charge < -0.3 is 0 Å². The molecule has 26 heavy (non-hydrogen) atoms. The van der Waals surface area contributed by atoms with Gasteiger partial charge in [-0.05, 0) is 12.1 Å². The van der Waals surface area contributed by atoms with Gasteiger partial charge in [-0.1, -0.05) is 53.2 Å². The van der Waals surface area contributed by atoms with E-state index in [0.29, 0.717) is 0 Å². The highest BCUT2D eigenvalue weighted by Gasteiger charge is 2.43. The number of nitrogens with zero attached hydrogens (tertiary/aromatic N) is 3. The smallest absolute Gasteiger partial charge is 0.282 e. The van der Waals surface area contributed by atoms with Crippen LogP contribution in [0.4, 0.5) is 17.6 Å². The third-order valence-electron chi connectivity index (χ3n) is 3.62. The Labute approximate surface area is 150 Å². The number of alkyl halides is 3. The van der Waals surface area contributed by atoms with Crippen molar-refractivity contribution in [2.45, 2.75) is 12.7 Å². The van der Waals surface area contributed by atoms with E-state index in [0.717, 1.165) is 4.68 Å². The molecule has 4 nitrogen and oxygen atoms in total. The van der Waals surface area contributed by atoms with Gasteiger partial charge in [0.05, 0.1) is 6.54 Å². The van der Waals surface area contributed by atoms with Crippen molar-refractivity contribution in [3.05, 3.63) is 70.6 Å². The molecular formula is C17H10ClF4N3O. The van der Waals surface area contributed by atoms with Gasteiger partial charge in [0.1, 0.15) is 11.5 Å². The largest absolute Gasteiger partial charge is 0.456 e. The van der Waals surface area contributed by atoms with Crippen molar-refractivity contribution in [3.63, 3.8) is 0 Å². The van der Waals surface area contributed by atoms with E-state index in [9.17, 15) is 22.4 Å². The summed E-state index contributed by atoms with van der Waals surface area (Å²) in [5, 5.41) is 7.10. The molecule has 0 bridgehead atoms. The van der Waals surface area contributed by atoms with Crippen LogP contribution in [0.15, 0.2) is 48.5 Å². The average Bonchev–Trinajstić information content (AvgIpc) is 3.01. The van der Waals surface area contributed by atoms with Crippen LogP contribution in [-0.4, -0.2) is 27.0 Å². The van der Waals surface area contributed by atoms with Crippen molar-refractivity contribution >= 4 is 17.4 Å². The highest BCUT2D eigenvalue weighted by atomic mass is 35.5. The van der Waals surface area contributed by atoms with Gasteiger partial charge in [-0.3, -0.25) is 4.79 Å². The maximum Gasteiger partial charge on any atom is 0.456 e. The Balaban J connectivity index is 2.15. The molecule has 0 radical (unpaired) electrons. The Hall–Kier alpha value is -2.74. The molecule has 3 rings (SSSR count). The molecule has 0 aliphatic carbocycles. The fourth-order valence-corrected chi connectivity index (χ4v) is 2.65. The minimum atomic E-state index is -5.11. The lowest BCUT2D eigenvalue weighted by molar-refractivity contribution is -0.0887. The first-order chi connectivity index (χ1) is 12.3. The van der Waals surface area contributed by atoms with Gasteiger partial charge in [0.2, 0.25) is 0 Å². The minimum absolute atomic E-state index is 0.0299. The number of rotatable bonds is 4. The van der Waals surface area contributed by atoms with Gasteiger partial charge in [0.25, 0.3) is 5.78 Å². The topological polar surface area (TPSA) is 47.8 Å². The maximum absolute atomic E-state index is 14.0. The van der Waals surface area contributed by atoms with E-state index in [4.69, 9.17) is 11.6 Å². The molecule has 0 amide bonds. The van der Waals surface area contributed by atoms with Crippen LogP contribution in [0, 0.1) is 5.82 Å². The van der Waals surface area contributed by atoms with Gasteiger partial charge in [0.15, 0.2) is 5.69 Å². The second-order valence-electron chi connectivity index (χ2n) is 5.34. The summed E-state index contributed by atoms with van der Waals surface area (Å²) in [5.74, 6) is -2.77. The molecule has 0 spiro atoms. The summed E-state index contributed by atoms with van der Waals surface area (Å²) in [6.07, 6.45) is -5.11. The third kappa shape index (κ3) is 3.45. The number of Topliss-reactive ketones (excluding diaryl/α,β-unsaturated/α-hetero) is 1. The number of benzene rings is 2. The zero-order valence-corrected chi connectivity index (χ0v) is 13.7. The predicted molar refractivity (Wildman–Crippen MR) is 86.4 cm³/mol. The van der Waals surface area contributed by atoms with E-state index in [1.807, 2.05) is 0 Å². The molecule has 0 fully saturated rings. The highest BCUT2D eigenvalue weighted by Crippen LogP contribution is 2.30. The van der Waals surface area contributed by atoms with E-state index in [-0.39, 0.29) is 28.4 Å². The summed E-state index contributed by atoms with van der Waals surface area (Å²) in [6.45, 7) is -0.284. The van der Waals surface area contributed by atoms with Crippen molar-refractivity contribution in [1.82, 2.24) is 15.0 Å². The summed E-state index contributed by atoms with van der Waals surface area (Å²) < 4.78 is 53.7. The zero-order valence-electron chi connectivity index (χ0n) is 13.0. The lowest BCUT2D eigenvalue weighted by Gasteiger charge is -2.11. The molecule has 0 unspecified atom stereocenters. The second-order valence-corrected chi connectivity index (χ2v) is 5.74. The summed E-state index contributed by atoms with van der Waals surface area (Å²) in [7, 11) is 0. The molecule has 9 heteroatoms. The Morgan fingerprint density at radius 1 is 1.08 bits per heavy atom. The van der Waals surface area contributed by atoms with Crippen LogP contribution in [0.3, 0.4) is 0 Å². The normalized spacial score (nSPS) is 11.6. The number of aromatic nitrogens is 3. The molecule has 1 heterocycles. The number of hydrogen-bond donors (Lipinski definition) is 0. The quantitative estimate of drug-likeness (QED) is 0.491. The van der Waals surface area contributed by atoms with Gasteiger partial charge in [-0.2, -0.15) is 13.2 Å². The van der Waals surface area contributed by atoms with Crippen molar-refractivity contribution < 1.29 is 22.4 Å². The molecule has 134 valence electrons. The fraction of sp³-hybridized carbons (Fsp3) is 0.118. The average molecular weight is 384 g/mol. The van der Waals surface area contributed by atoms with Gasteiger partial charge in [-0.25, -0.2) is 9.07 Å². The van der Waals surface area contributed by atoms with Crippen LogP contribution >= 0.6 is 11.6 Å². The molecule has 3 aromatic rings. The van der Waals surface area contributed by atoms with Crippen molar-refractivity contribution in [1.29, 1.82) is 0 Å². The first kappa shape index (κ1) is 18.1. The van der Waals surface area contributed by atoms with Crippen LogP contribution < -0.4 is 0 Å². The van der Waals surface area contributed by atoms with E-state index in [1.54, 1.807) is 18.2 Å². The number of hydrogen-bond acceptors (Lipinski definition) is 3. The minimum Gasteiger partial charge on any atom is -0.282 e. The summed E-state index contributed by atoms with van der Waals surface area (Å²) in [4.78, 5) is 11.7.